The molecule has 1 aliphatic carbocycles. The summed E-state index contributed by atoms with van der Waals surface area (Å²) in [4.78, 5) is 13.0. The summed E-state index contributed by atoms with van der Waals surface area (Å²) in [6, 6.07) is 5.17. The van der Waals surface area contributed by atoms with E-state index in [2.05, 4.69) is 5.32 Å². The Kier molecular flexibility index (Phi) is 6.82. The third-order valence-corrected chi connectivity index (χ3v) is 8.21. The molecule has 0 radical (unpaired) electrons. The van der Waals surface area contributed by atoms with Crippen LogP contribution < -0.4 is 5.32 Å². The zero-order valence-corrected chi connectivity index (χ0v) is 17.5. The molecule has 1 aliphatic heterocycles. The Morgan fingerprint density at radius 1 is 1.11 bits per heavy atom. The van der Waals surface area contributed by atoms with Crippen LogP contribution in [0.15, 0.2) is 23.1 Å². The van der Waals surface area contributed by atoms with Gasteiger partial charge in [0.15, 0.2) is 0 Å². The lowest BCUT2D eigenvalue weighted by molar-refractivity contribution is -0.126. The highest BCUT2D eigenvalue weighted by Crippen LogP contribution is 2.29. The number of amides is 1. The Morgan fingerprint density at radius 2 is 1.81 bits per heavy atom. The van der Waals surface area contributed by atoms with Crippen molar-refractivity contribution in [3.8, 4) is 0 Å². The van der Waals surface area contributed by atoms with Crippen molar-refractivity contribution >= 4 is 27.5 Å². The zero-order chi connectivity index (χ0) is 19.4. The number of halogens is 1. The number of piperidine rings is 1. The fourth-order valence-electron chi connectivity index (χ4n) is 4.12. The summed E-state index contributed by atoms with van der Waals surface area (Å²) in [5.74, 6) is -0.277. The predicted octanol–water partition coefficient (Wildman–Crippen LogP) is 3.89. The maximum Gasteiger partial charge on any atom is 0.243 e. The van der Waals surface area contributed by atoms with E-state index in [4.69, 9.17) is 11.6 Å². The summed E-state index contributed by atoms with van der Waals surface area (Å²) < 4.78 is 27.6. The lowest BCUT2D eigenvalue weighted by atomic mass is 9.97. The lowest BCUT2D eigenvalue weighted by Crippen LogP contribution is -2.47. The van der Waals surface area contributed by atoms with Crippen molar-refractivity contribution in [1.29, 1.82) is 0 Å². The number of rotatable bonds is 4. The maximum atomic E-state index is 13.1. The first-order valence-electron chi connectivity index (χ1n) is 9.95. The van der Waals surface area contributed by atoms with Gasteiger partial charge >= 0.3 is 0 Å². The highest BCUT2D eigenvalue weighted by molar-refractivity contribution is 7.89. The molecule has 1 N–H and O–H groups in total. The van der Waals surface area contributed by atoms with Crippen molar-refractivity contribution in [3.05, 3.63) is 28.8 Å². The summed E-state index contributed by atoms with van der Waals surface area (Å²) >= 11 is 6.11. The third kappa shape index (κ3) is 4.84. The topological polar surface area (TPSA) is 66.5 Å². The SMILES string of the molecule is Cc1c(Cl)cccc1S(=O)(=O)N1CCC[C@H](C(=O)NC2CCCCCC2)C1. The van der Waals surface area contributed by atoms with Crippen LogP contribution >= 0.6 is 11.6 Å². The van der Waals surface area contributed by atoms with E-state index in [9.17, 15) is 13.2 Å². The molecule has 1 saturated heterocycles. The molecule has 150 valence electrons. The number of sulfonamides is 1. The molecule has 1 aromatic carbocycles. The van der Waals surface area contributed by atoms with Crippen LogP contribution in [0.25, 0.3) is 0 Å². The molecule has 0 unspecified atom stereocenters. The first-order valence-corrected chi connectivity index (χ1v) is 11.8. The highest BCUT2D eigenvalue weighted by Gasteiger charge is 2.34. The normalized spacial score (nSPS) is 23.0. The second kappa shape index (κ2) is 8.93. The quantitative estimate of drug-likeness (QED) is 0.763. The van der Waals surface area contributed by atoms with Gasteiger partial charge in [0.25, 0.3) is 0 Å². The van der Waals surface area contributed by atoms with E-state index in [-0.39, 0.29) is 29.3 Å². The molecule has 2 fully saturated rings. The van der Waals surface area contributed by atoms with Gasteiger partial charge in [-0.2, -0.15) is 4.31 Å². The molecule has 0 aromatic heterocycles. The number of carbonyl (C=O) groups is 1. The summed E-state index contributed by atoms with van der Waals surface area (Å²) in [5, 5.41) is 3.62. The fraction of sp³-hybridized carbons (Fsp3) is 0.650. The summed E-state index contributed by atoms with van der Waals surface area (Å²) in [7, 11) is -3.65. The number of carbonyl (C=O) groups excluding carboxylic acids is 1. The molecule has 0 spiro atoms. The average molecular weight is 413 g/mol. The molecule has 7 heteroatoms. The van der Waals surface area contributed by atoms with E-state index in [1.165, 1.54) is 17.1 Å². The number of hydrogen-bond donors (Lipinski definition) is 1. The minimum Gasteiger partial charge on any atom is -0.353 e. The number of nitrogens with zero attached hydrogens (tertiary/aromatic N) is 1. The van der Waals surface area contributed by atoms with Gasteiger partial charge in [-0.1, -0.05) is 43.4 Å². The van der Waals surface area contributed by atoms with Crippen LogP contribution in [0, 0.1) is 12.8 Å². The van der Waals surface area contributed by atoms with E-state index in [1.54, 1.807) is 25.1 Å². The fourth-order valence-corrected chi connectivity index (χ4v) is 6.13. The molecule has 5 nitrogen and oxygen atoms in total. The number of hydrogen-bond acceptors (Lipinski definition) is 3. The molecule has 3 rings (SSSR count). The van der Waals surface area contributed by atoms with Crippen molar-refractivity contribution in [1.82, 2.24) is 9.62 Å². The van der Waals surface area contributed by atoms with Crippen molar-refractivity contribution in [2.75, 3.05) is 13.1 Å². The summed E-state index contributed by atoms with van der Waals surface area (Å²) in [5.41, 5.74) is 0.559. The van der Waals surface area contributed by atoms with Crippen LogP contribution in [0.3, 0.4) is 0 Å². The second-order valence-electron chi connectivity index (χ2n) is 7.76. The maximum absolute atomic E-state index is 13.1. The molecule has 0 bridgehead atoms. The monoisotopic (exact) mass is 412 g/mol. The van der Waals surface area contributed by atoms with E-state index in [1.807, 2.05) is 0 Å². The van der Waals surface area contributed by atoms with Gasteiger partial charge in [-0.05, 0) is 50.3 Å². The largest absolute Gasteiger partial charge is 0.353 e. The van der Waals surface area contributed by atoms with Crippen molar-refractivity contribution in [3.63, 3.8) is 0 Å². The van der Waals surface area contributed by atoms with E-state index in [0.29, 0.717) is 23.6 Å². The Bertz CT molecular complexity index is 773. The lowest BCUT2D eigenvalue weighted by Gasteiger charge is -2.32. The van der Waals surface area contributed by atoms with Crippen molar-refractivity contribution in [2.24, 2.45) is 5.92 Å². The smallest absolute Gasteiger partial charge is 0.243 e. The van der Waals surface area contributed by atoms with Gasteiger partial charge < -0.3 is 5.32 Å². The average Bonchev–Trinajstić information content (AvgIpc) is 2.92. The summed E-state index contributed by atoms with van der Waals surface area (Å²) in [6.07, 6.45) is 8.28. The molecule has 1 aromatic rings. The third-order valence-electron chi connectivity index (χ3n) is 5.79. The standard InChI is InChI=1S/C20H29ClN2O3S/c1-15-18(21)11-6-12-19(15)27(25,26)23-13-7-8-16(14-23)20(24)22-17-9-4-2-3-5-10-17/h6,11-12,16-17H,2-5,7-10,13-14H2,1H3,(H,22,24)/t16-/m0/s1. The molecule has 1 saturated carbocycles. The number of benzene rings is 1. The second-order valence-corrected chi connectivity index (χ2v) is 10.1. The van der Waals surface area contributed by atoms with Crippen LogP contribution in [0.2, 0.25) is 5.02 Å². The van der Waals surface area contributed by atoms with Gasteiger partial charge in [0.1, 0.15) is 0 Å². The first-order chi connectivity index (χ1) is 12.9. The van der Waals surface area contributed by atoms with Crippen molar-refractivity contribution in [2.45, 2.75) is 69.2 Å². The number of nitrogens with one attached hydrogen (secondary N) is 1. The van der Waals surface area contributed by atoms with Gasteiger partial charge in [-0.25, -0.2) is 8.42 Å². The predicted molar refractivity (Wildman–Crippen MR) is 107 cm³/mol. The van der Waals surface area contributed by atoms with Gasteiger partial charge in [0.05, 0.1) is 10.8 Å². The molecule has 1 amide bonds. The van der Waals surface area contributed by atoms with E-state index >= 15 is 0 Å². The molecule has 27 heavy (non-hydrogen) atoms. The molecule has 1 heterocycles. The van der Waals surface area contributed by atoms with Crippen LogP contribution in [0.5, 0.6) is 0 Å². The Morgan fingerprint density at radius 3 is 2.52 bits per heavy atom. The molecular weight excluding hydrogens is 384 g/mol. The van der Waals surface area contributed by atoms with Gasteiger partial charge in [-0.3, -0.25) is 4.79 Å². The van der Waals surface area contributed by atoms with Crippen LogP contribution in [-0.2, 0) is 14.8 Å². The van der Waals surface area contributed by atoms with E-state index < -0.39 is 10.0 Å². The van der Waals surface area contributed by atoms with Gasteiger partial charge in [0, 0.05) is 24.2 Å². The van der Waals surface area contributed by atoms with Gasteiger partial charge in [0.2, 0.25) is 15.9 Å². The minimum absolute atomic E-state index is 0.00427. The van der Waals surface area contributed by atoms with Gasteiger partial charge in [-0.15, -0.1) is 0 Å². The van der Waals surface area contributed by atoms with Crippen LogP contribution in [0.4, 0.5) is 0 Å². The molecule has 2 aliphatic rings. The minimum atomic E-state index is -3.65. The van der Waals surface area contributed by atoms with Crippen LogP contribution in [0.1, 0.15) is 56.9 Å². The summed E-state index contributed by atoms with van der Waals surface area (Å²) in [6.45, 7) is 2.41. The van der Waals surface area contributed by atoms with E-state index in [0.717, 1.165) is 32.1 Å². The zero-order valence-electron chi connectivity index (χ0n) is 15.9. The first kappa shape index (κ1) is 20.6. The molecule has 1 atom stereocenters. The Balaban J connectivity index is 1.69. The molecular formula is C20H29ClN2O3S. The highest BCUT2D eigenvalue weighted by atomic mass is 35.5. The van der Waals surface area contributed by atoms with Crippen molar-refractivity contribution < 1.29 is 13.2 Å². The Labute approximate surface area is 167 Å². The Hall–Kier alpha value is -1.11. The van der Waals surface area contributed by atoms with Crippen LogP contribution in [-0.4, -0.2) is 37.8 Å².